The smallest absolute Gasteiger partial charge is 0.259 e. The maximum atomic E-state index is 12.7. The van der Waals surface area contributed by atoms with Gasteiger partial charge >= 0.3 is 0 Å². The third-order valence-electron chi connectivity index (χ3n) is 5.09. The van der Waals surface area contributed by atoms with Gasteiger partial charge in [0, 0.05) is 25.8 Å². The summed E-state index contributed by atoms with van der Waals surface area (Å²) in [5.41, 5.74) is 1.15. The SMILES string of the molecule is Cc1nc(S(=O)(=O)NC[C@H](c2ccccc2)N2CCCCCC2)cn1C. The number of nitrogens with one attached hydrogen (secondary N) is 1. The van der Waals surface area contributed by atoms with Crippen molar-refractivity contribution in [2.24, 2.45) is 7.05 Å². The maximum Gasteiger partial charge on any atom is 0.259 e. The molecule has 26 heavy (non-hydrogen) atoms. The number of aryl methyl sites for hydroxylation is 2. The summed E-state index contributed by atoms with van der Waals surface area (Å²) in [6, 6.07) is 10.2. The quantitative estimate of drug-likeness (QED) is 0.842. The van der Waals surface area contributed by atoms with Gasteiger partial charge in [0.05, 0.1) is 0 Å². The average molecular weight is 377 g/mol. The van der Waals surface area contributed by atoms with E-state index in [1.54, 1.807) is 24.7 Å². The van der Waals surface area contributed by atoms with Crippen LogP contribution < -0.4 is 4.72 Å². The third kappa shape index (κ3) is 4.52. The van der Waals surface area contributed by atoms with E-state index in [0.29, 0.717) is 12.4 Å². The molecule has 6 nitrogen and oxygen atoms in total. The van der Waals surface area contributed by atoms with Gasteiger partial charge in [0.15, 0.2) is 5.03 Å². The van der Waals surface area contributed by atoms with Crippen LogP contribution in [0.3, 0.4) is 0 Å². The van der Waals surface area contributed by atoms with E-state index in [1.165, 1.54) is 12.8 Å². The summed E-state index contributed by atoms with van der Waals surface area (Å²) < 4.78 is 29.9. The van der Waals surface area contributed by atoms with Crippen LogP contribution in [0.5, 0.6) is 0 Å². The Balaban J connectivity index is 1.79. The number of sulfonamides is 1. The summed E-state index contributed by atoms with van der Waals surface area (Å²) in [6.07, 6.45) is 6.38. The maximum absolute atomic E-state index is 12.7. The van der Waals surface area contributed by atoms with E-state index < -0.39 is 10.0 Å². The van der Waals surface area contributed by atoms with E-state index in [0.717, 1.165) is 31.5 Å². The number of hydrogen-bond donors (Lipinski definition) is 1. The summed E-state index contributed by atoms with van der Waals surface area (Å²) >= 11 is 0. The van der Waals surface area contributed by atoms with Gasteiger partial charge in [-0.15, -0.1) is 0 Å². The van der Waals surface area contributed by atoms with Crippen molar-refractivity contribution >= 4 is 10.0 Å². The fourth-order valence-electron chi connectivity index (χ4n) is 3.46. The molecule has 7 heteroatoms. The third-order valence-corrected chi connectivity index (χ3v) is 6.39. The second-order valence-corrected chi connectivity index (χ2v) is 8.68. The van der Waals surface area contributed by atoms with Gasteiger partial charge in [-0.2, -0.15) is 0 Å². The molecule has 3 rings (SSSR count). The van der Waals surface area contributed by atoms with Crippen LogP contribution in [0.15, 0.2) is 41.6 Å². The van der Waals surface area contributed by atoms with Crippen molar-refractivity contribution < 1.29 is 8.42 Å². The largest absolute Gasteiger partial charge is 0.337 e. The first-order valence-electron chi connectivity index (χ1n) is 9.26. The predicted octanol–water partition coefficient (Wildman–Crippen LogP) is 2.62. The van der Waals surface area contributed by atoms with Crippen LogP contribution >= 0.6 is 0 Å². The molecule has 2 heterocycles. The zero-order valence-corrected chi connectivity index (χ0v) is 16.4. The average Bonchev–Trinajstić information content (AvgIpc) is 2.83. The van der Waals surface area contributed by atoms with E-state index in [9.17, 15) is 8.42 Å². The number of hydrogen-bond acceptors (Lipinski definition) is 4. The van der Waals surface area contributed by atoms with Crippen LogP contribution in [0.2, 0.25) is 0 Å². The van der Waals surface area contributed by atoms with Crippen LogP contribution in [-0.2, 0) is 17.1 Å². The normalized spacial score (nSPS) is 17.8. The molecular formula is C19H28N4O2S. The zero-order chi connectivity index (χ0) is 18.6. The molecular weight excluding hydrogens is 348 g/mol. The number of likely N-dealkylation sites (tertiary alicyclic amines) is 1. The topological polar surface area (TPSA) is 67.2 Å². The second kappa shape index (κ2) is 8.33. The van der Waals surface area contributed by atoms with Gasteiger partial charge in [-0.05, 0) is 38.4 Å². The number of rotatable bonds is 6. The Morgan fingerprint density at radius 2 is 1.77 bits per heavy atom. The fraction of sp³-hybridized carbons (Fsp3) is 0.526. The summed E-state index contributed by atoms with van der Waals surface area (Å²) in [7, 11) is -1.82. The molecule has 1 atom stereocenters. The second-order valence-electron chi connectivity index (χ2n) is 6.97. The van der Waals surface area contributed by atoms with Gasteiger partial charge in [0.1, 0.15) is 5.82 Å². The number of nitrogens with zero attached hydrogens (tertiary/aromatic N) is 3. The molecule has 1 aliphatic heterocycles. The van der Waals surface area contributed by atoms with Crippen LogP contribution in [0.4, 0.5) is 0 Å². The number of imidazole rings is 1. The van der Waals surface area contributed by atoms with E-state index >= 15 is 0 Å². The van der Waals surface area contributed by atoms with Crippen molar-refractivity contribution in [3.8, 4) is 0 Å². The highest BCUT2D eigenvalue weighted by Crippen LogP contribution is 2.24. The predicted molar refractivity (Wildman–Crippen MR) is 102 cm³/mol. The summed E-state index contributed by atoms with van der Waals surface area (Å²) in [5, 5.41) is 0.0835. The van der Waals surface area contributed by atoms with Gasteiger partial charge in [-0.3, -0.25) is 4.90 Å². The van der Waals surface area contributed by atoms with Crippen molar-refractivity contribution in [1.82, 2.24) is 19.2 Å². The molecule has 0 unspecified atom stereocenters. The standard InChI is InChI=1S/C19H28N4O2S/c1-16-21-19(15-22(16)2)26(24,25)20-14-18(17-10-6-5-7-11-17)23-12-8-3-4-9-13-23/h5-7,10-11,15,18,20H,3-4,8-9,12-14H2,1-2H3/t18-/m1/s1. The zero-order valence-electron chi connectivity index (χ0n) is 15.6. The monoisotopic (exact) mass is 376 g/mol. The highest BCUT2D eigenvalue weighted by Gasteiger charge is 2.25. The molecule has 0 radical (unpaired) electrons. The Labute approximate surface area is 156 Å². The first-order chi connectivity index (χ1) is 12.5. The Bertz CT molecular complexity index is 790. The summed E-state index contributed by atoms with van der Waals surface area (Å²) in [5.74, 6) is 0.678. The number of aromatic nitrogens is 2. The lowest BCUT2D eigenvalue weighted by Gasteiger charge is -2.31. The molecule has 0 saturated carbocycles. The lowest BCUT2D eigenvalue weighted by atomic mass is 10.1. The molecule has 2 aromatic rings. The summed E-state index contributed by atoms with van der Waals surface area (Å²) in [6.45, 7) is 4.15. The molecule has 0 aliphatic carbocycles. The van der Waals surface area contributed by atoms with Crippen molar-refractivity contribution in [2.45, 2.75) is 43.7 Å². The first kappa shape index (κ1) is 19.1. The lowest BCUT2D eigenvalue weighted by molar-refractivity contribution is 0.206. The van der Waals surface area contributed by atoms with Gasteiger partial charge in [0.25, 0.3) is 10.0 Å². The van der Waals surface area contributed by atoms with Crippen LogP contribution in [0.1, 0.15) is 43.1 Å². The minimum atomic E-state index is -3.62. The molecule has 142 valence electrons. The molecule has 1 aromatic heterocycles. The van der Waals surface area contributed by atoms with Gasteiger partial charge < -0.3 is 4.57 Å². The van der Waals surface area contributed by atoms with E-state index in [-0.39, 0.29) is 11.1 Å². The molecule has 1 fully saturated rings. The fourth-order valence-corrected chi connectivity index (χ4v) is 4.53. The first-order valence-corrected chi connectivity index (χ1v) is 10.7. The number of benzene rings is 1. The molecule has 0 amide bonds. The van der Waals surface area contributed by atoms with Gasteiger partial charge in [-0.1, -0.05) is 43.2 Å². The van der Waals surface area contributed by atoms with Crippen molar-refractivity contribution in [1.29, 1.82) is 0 Å². The Hall–Kier alpha value is -1.70. The molecule has 1 aromatic carbocycles. The molecule has 1 aliphatic rings. The lowest BCUT2D eigenvalue weighted by Crippen LogP contribution is -2.38. The molecule has 0 spiro atoms. The highest BCUT2D eigenvalue weighted by atomic mass is 32.2. The molecule has 1 saturated heterocycles. The van der Waals surface area contributed by atoms with Crippen LogP contribution in [0, 0.1) is 6.92 Å². The van der Waals surface area contributed by atoms with Crippen LogP contribution in [0.25, 0.3) is 0 Å². The molecule has 1 N–H and O–H groups in total. The van der Waals surface area contributed by atoms with Gasteiger partial charge in [0.2, 0.25) is 0 Å². The minimum Gasteiger partial charge on any atom is -0.337 e. The van der Waals surface area contributed by atoms with Crippen LogP contribution in [-0.4, -0.2) is 42.5 Å². The Kier molecular flexibility index (Phi) is 6.11. The highest BCUT2D eigenvalue weighted by molar-refractivity contribution is 7.89. The Morgan fingerprint density at radius 1 is 1.12 bits per heavy atom. The Morgan fingerprint density at radius 3 is 2.35 bits per heavy atom. The van der Waals surface area contributed by atoms with E-state index in [4.69, 9.17) is 0 Å². The van der Waals surface area contributed by atoms with E-state index in [2.05, 4.69) is 26.7 Å². The molecule has 0 bridgehead atoms. The van der Waals surface area contributed by atoms with Gasteiger partial charge in [-0.25, -0.2) is 18.1 Å². The van der Waals surface area contributed by atoms with Crippen molar-refractivity contribution in [3.63, 3.8) is 0 Å². The van der Waals surface area contributed by atoms with Crippen molar-refractivity contribution in [2.75, 3.05) is 19.6 Å². The van der Waals surface area contributed by atoms with Crippen molar-refractivity contribution in [3.05, 3.63) is 47.9 Å². The van der Waals surface area contributed by atoms with E-state index in [1.807, 2.05) is 18.2 Å². The summed E-state index contributed by atoms with van der Waals surface area (Å²) in [4.78, 5) is 6.57. The minimum absolute atomic E-state index is 0.0360.